The molecule has 1 unspecified atom stereocenters. The van der Waals surface area contributed by atoms with E-state index in [-0.39, 0.29) is 18.2 Å². The van der Waals surface area contributed by atoms with Crippen molar-refractivity contribution >= 4 is 34.9 Å². The summed E-state index contributed by atoms with van der Waals surface area (Å²) in [7, 11) is 0. The molecule has 1 aliphatic rings. The fraction of sp³-hybridized carbons (Fsp3) is 0.429. The third-order valence-corrected chi connectivity index (χ3v) is 3.99. The topological polar surface area (TPSA) is 37.4 Å². The molecular formula is C14H15Cl2NO2. The molecule has 1 saturated heterocycles. The molecule has 0 bridgehead atoms. The minimum absolute atomic E-state index is 0.0466. The van der Waals surface area contributed by atoms with E-state index in [1.807, 2.05) is 0 Å². The lowest BCUT2D eigenvalue weighted by Gasteiger charge is -2.15. The van der Waals surface area contributed by atoms with Crippen LogP contribution in [0.4, 0.5) is 0 Å². The maximum absolute atomic E-state index is 12.2. The predicted molar refractivity (Wildman–Crippen MR) is 75.8 cm³/mol. The van der Waals surface area contributed by atoms with Crippen molar-refractivity contribution in [2.75, 3.05) is 13.1 Å². The molecule has 1 fully saturated rings. The number of ketones is 1. The quantitative estimate of drug-likeness (QED) is 0.799. The van der Waals surface area contributed by atoms with E-state index in [4.69, 9.17) is 23.2 Å². The Bertz CT molecular complexity index is 516. The lowest BCUT2D eigenvalue weighted by Crippen LogP contribution is -2.31. The summed E-state index contributed by atoms with van der Waals surface area (Å²) in [5, 5.41) is 0.820. The van der Waals surface area contributed by atoms with Gasteiger partial charge in [-0.2, -0.15) is 0 Å². The van der Waals surface area contributed by atoms with Crippen molar-refractivity contribution in [2.24, 2.45) is 5.92 Å². The lowest BCUT2D eigenvalue weighted by molar-refractivity contribution is -0.127. The number of halogens is 2. The van der Waals surface area contributed by atoms with Crippen LogP contribution in [0.25, 0.3) is 0 Å². The molecule has 102 valence electrons. The van der Waals surface area contributed by atoms with Crippen molar-refractivity contribution in [3.05, 3.63) is 33.8 Å². The summed E-state index contributed by atoms with van der Waals surface area (Å²) >= 11 is 11.8. The lowest BCUT2D eigenvalue weighted by atomic mass is 10.1. The number of Topliss-reactive ketones (excluding diaryl/α,β-unsaturated/α-hetero) is 1. The summed E-state index contributed by atoms with van der Waals surface area (Å²) in [5.41, 5.74) is 0.416. The largest absolute Gasteiger partial charge is 0.335 e. The second kappa shape index (κ2) is 5.93. The highest BCUT2D eigenvalue weighted by Gasteiger charge is 2.30. The molecule has 0 N–H and O–H groups in total. The van der Waals surface area contributed by atoms with Crippen molar-refractivity contribution < 1.29 is 9.59 Å². The van der Waals surface area contributed by atoms with E-state index in [1.165, 1.54) is 6.07 Å². The molecule has 3 nitrogen and oxygen atoms in total. The Labute approximate surface area is 122 Å². The van der Waals surface area contributed by atoms with Crippen molar-refractivity contribution in [2.45, 2.75) is 19.8 Å². The minimum Gasteiger partial charge on any atom is -0.335 e. The Kier molecular flexibility index (Phi) is 4.48. The first-order chi connectivity index (χ1) is 9.01. The summed E-state index contributed by atoms with van der Waals surface area (Å²) < 4.78 is 0. The first-order valence-corrected chi connectivity index (χ1v) is 7.03. The Morgan fingerprint density at radius 3 is 2.74 bits per heavy atom. The van der Waals surface area contributed by atoms with Gasteiger partial charge in [-0.25, -0.2) is 0 Å². The van der Waals surface area contributed by atoms with Crippen LogP contribution < -0.4 is 0 Å². The van der Waals surface area contributed by atoms with Crippen LogP contribution in [0.2, 0.25) is 10.0 Å². The molecule has 1 heterocycles. The number of carbonyl (C=O) groups is 2. The summed E-state index contributed by atoms with van der Waals surface area (Å²) in [5.74, 6) is 0.262. The van der Waals surface area contributed by atoms with Gasteiger partial charge in [-0.1, -0.05) is 36.5 Å². The molecule has 1 aromatic carbocycles. The highest BCUT2D eigenvalue weighted by Crippen LogP contribution is 2.24. The smallest absolute Gasteiger partial charge is 0.223 e. The van der Waals surface area contributed by atoms with Gasteiger partial charge in [0.15, 0.2) is 5.78 Å². The van der Waals surface area contributed by atoms with Crippen molar-refractivity contribution in [3.63, 3.8) is 0 Å². The summed E-state index contributed by atoms with van der Waals surface area (Å²) in [6.07, 6.45) is 1.50. The Hall–Kier alpha value is -1.06. The first kappa shape index (κ1) is 14.4. The van der Waals surface area contributed by atoms with Gasteiger partial charge in [-0.3, -0.25) is 9.59 Å². The van der Waals surface area contributed by atoms with E-state index < -0.39 is 0 Å². The SMILES string of the molecule is CCC1CC(=O)N(CC(=O)c2ccc(Cl)cc2Cl)C1. The number of nitrogens with zero attached hydrogens (tertiary/aromatic N) is 1. The highest BCUT2D eigenvalue weighted by atomic mass is 35.5. The van der Waals surface area contributed by atoms with Gasteiger partial charge < -0.3 is 4.90 Å². The molecule has 0 aromatic heterocycles. The van der Waals surface area contributed by atoms with Crippen molar-refractivity contribution in [1.29, 1.82) is 0 Å². The summed E-state index contributed by atoms with van der Waals surface area (Å²) in [6, 6.07) is 4.77. The molecule has 0 aliphatic carbocycles. The third kappa shape index (κ3) is 3.28. The number of amides is 1. The predicted octanol–water partition coefficient (Wildman–Crippen LogP) is 3.43. The zero-order chi connectivity index (χ0) is 14.0. The van der Waals surface area contributed by atoms with Gasteiger partial charge in [0, 0.05) is 23.6 Å². The monoisotopic (exact) mass is 299 g/mol. The van der Waals surface area contributed by atoms with E-state index in [2.05, 4.69) is 6.92 Å². The average molecular weight is 300 g/mol. The molecular weight excluding hydrogens is 285 g/mol. The van der Waals surface area contributed by atoms with E-state index in [9.17, 15) is 9.59 Å². The number of carbonyl (C=O) groups excluding carboxylic acids is 2. The maximum atomic E-state index is 12.2. The molecule has 1 amide bonds. The number of benzene rings is 1. The van der Waals surface area contributed by atoms with E-state index in [0.717, 1.165) is 6.42 Å². The Morgan fingerprint density at radius 2 is 2.16 bits per heavy atom. The second-order valence-electron chi connectivity index (χ2n) is 4.80. The van der Waals surface area contributed by atoms with Crippen LogP contribution in [0.5, 0.6) is 0 Å². The van der Waals surface area contributed by atoms with Gasteiger partial charge in [0.1, 0.15) is 0 Å². The van der Waals surface area contributed by atoms with Crippen LogP contribution in [-0.4, -0.2) is 29.7 Å². The average Bonchev–Trinajstić information content (AvgIpc) is 2.70. The standard InChI is InChI=1S/C14H15Cl2NO2/c1-2-9-5-14(19)17(7-9)8-13(18)11-4-3-10(15)6-12(11)16/h3-4,6,9H,2,5,7-8H2,1H3. The normalized spacial score (nSPS) is 19.0. The summed E-state index contributed by atoms with van der Waals surface area (Å²) in [6.45, 7) is 2.81. The molecule has 1 aromatic rings. The fourth-order valence-corrected chi connectivity index (χ4v) is 2.77. The summed E-state index contributed by atoms with van der Waals surface area (Å²) in [4.78, 5) is 25.5. The molecule has 0 saturated carbocycles. The van der Waals surface area contributed by atoms with Crippen molar-refractivity contribution in [3.8, 4) is 0 Å². The third-order valence-electron chi connectivity index (χ3n) is 3.44. The number of hydrogen-bond acceptors (Lipinski definition) is 2. The Morgan fingerprint density at radius 1 is 1.42 bits per heavy atom. The van der Waals surface area contributed by atoms with Crippen LogP contribution >= 0.6 is 23.2 Å². The van der Waals surface area contributed by atoms with Gasteiger partial charge in [0.25, 0.3) is 0 Å². The van der Waals surface area contributed by atoms with Crippen LogP contribution in [0, 0.1) is 5.92 Å². The van der Waals surface area contributed by atoms with Crippen LogP contribution in [-0.2, 0) is 4.79 Å². The highest BCUT2D eigenvalue weighted by molar-refractivity contribution is 6.36. The van der Waals surface area contributed by atoms with E-state index in [0.29, 0.717) is 34.5 Å². The van der Waals surface area contributed by atoms with Gasteiger partial charge >= 0.3 is 0 Å². The van der Waals surface area contributed by atoms with Gasteiger partial charge in [-0.05, 0) is 24.1 Å². The second-order valence-corrected chi connectivity index (χ2v) is 5.64. The van der Waals surface area contributed by atoms with Crippen LogP contribution in [0.1, 0.15) is 30.1 Å². The number of rotatable bonds is 4. The van der Waals surface area contributed by atoms with E-state index in [1.54, 1.807) is 17.0 Å². The Balaban J connectivity index is 2.07. The van der Waals surface area contributed by atoms with Crippen molar-refractivity contribution in [1.82, 2.24) is 4.90 Å². The number of likely N-dealkylation sites (tertiary alicyclic amines) is 1. The maximum Gasteiger partial charge on any atom is 0.223 e. The van der Waals surface area contributed by atoms with Gasteiger partial charge in [-0.15, -0.1) is 0 Å². The molecule has 1 aliphatic heterocycles. The van der Waals surface area contributed by atoms with Crippen LogP contribution in [0.15, 0.2) is 18.2 Å². The zero-order valence-electron chi connectivity index (χ0n) is 10.7. The molecule has 0 spiro atoms. The molecule has 0 radical (unpaired) electrons. The zero-order valence-corrected chi connectivity index (χ0v) is 12.2. The molecule has 5 heteroatoms. The van der Waals surface area contributed by atoms with Gasteiger partial charge in [0.2, 0.25) is 5.91 Å². The van der Waals surface area contributed by atoms with Crippen LogP contribution in [0.3, 0.4) is 0 Å². The molecule has 2 rings (SSSR count). The first-order valence-electron chi connectivity index (χ1n) is 6.27. The molecule has 1 atom stereocenters. The fourth-order valence-electron chi connectivity index (χ4n) is 2.25. The number of hydrogen-bond donors (Lipinski definition) is 0. The van der Waals surface area contributed by atoms with Gasteiger partial charge in [0.05, 0.1) is 11.6 Å². The minimum atomic E-state index is -0.147. The van der Waals surface area contributed by atoms with E-state index >= 15 is 0 Å². The molecule has 19 heavy (non-hydrogen) atoms.